The van der Waals surface area contributed by atoms with Crippen molar-refractivity contribution in [2.45, 2.75) is 31.1 Å². The third-order valence-corrected chi connectivity index (χ3v) is 11.2. The van der Waals surface area contributed by atoms with Gasteiger partial charge in [0.2, 0.25) is 11.6 Å². The molecule has 0 spiro atoms. The van der Waals surface area contributed by atoms with Crippen LogP contribution >= 0.6 is 92.8 Å². The summed E-state index contributed by atoms with van der Waals surface area (Å²) >= 11 is 54.1. The van der Waals surface area contributed by atoms with E-state index in [1.807, 2.05) is 0 Å². The highest BCUT2D eigenvalue weighted by Gasteiger charge is 3.01. The first-order chi connectivity index (χ1) is 11.9. The van der Waals surface area contributed by atoms with Crippen molar-refractivity contribution in [1.29, 1.82) is 0 Å². The molecule has 0 aromatic heterocycles. The molecule has 12 heteroatoms. The van der Waals surface area contributed by atoms with E-state index in [4.69, 9.17) is 112 Å². The molecule has 0 unspecified atom stereocenters. The lowest BCUT2D eigenvalue weighted by Crippen LogP contribution is -2.70. The Labute approximate surface area is 190 Å². The molecule has 26 heavy (non-hydrogen) atoms. The zero-order valence-electron chi connectivity index (χ0n) is 13.7. The molecule has 2 bridgehead atoms. The van der Waals surface area contributed by atoms with E-state index in [0.717, 1.165) is 0 Å². The van der Waals surface area contributed by atoms with E-state index in [1.54, 1.807) is 0 Å². The van der Waals surface area contributed by atoms with Gasteiger partial charge >= 0.3 is 0 Å². The molecule has 0 aromatic rings. The maximum Gasteiger partial charge on any atom is 0.230 e. The van der Waals surface area contributed by atoms with Crippen molar-refractivity contribution < 1.29 is 18.9 Å². The summed E-state index contributed by atoms with van der Waals surface area (Å²) in [6.07, 6.45) is 0. The van der Waals surface area contributed by atoms with Crippen LogP contribution in [0.2, 0.25) is 0 Å². The Hall–Kier alpha value is 1.64. The zero-order valence-corrected chi connectivity index (χ0v) is 19.7. The Morgan fingerprint density at radius 2 is 0.923 bits per heavy atom. The molecule has 1 fully saturated rings. The fourth-order valence-corrected chi connectivity index (χ4v) is 9.21. The predicted molar refractivity (Wildman–Crippen MR) is 105 cm³/mol. The summed E-state index contributed by atoms with van der Waals surface area (Å²) < 4.78 is 22.3. The number of ether oxygens (including phenoxy) is 4. The van der Waals surface area contributed by atoms with E-state index in [2.05, 4.69) is 0 Å². The average molecular weight is 528 g/mol. The van der Waals surface area contributed by atoms with Gasteiger partial charge < -0.3 is 18.9 Å². The van der Waals surface area contributed by atoms with Gasteiger partial charge in [-0.1, -0.05) is 46.4 Å². The number of halogens is 8. The number of hydrogen-bond acceptors (Lipinski definition) is 4. The maximum absolute atomic E-state index is 7.11. The lowest BCUT2D eigenvalue weighted by molar-refractivity contribution is -0.237. The summed E-state index contributed by atoms with van der Waals surface area (Å²) in [5.74, 6) is -3.88. The molecule has 3 rings (SSSR count). The van der Waals surface area contributed by atoms with Crippen molar-refractivity contribution in [2.75, 3.05) is 28.4 Å². The minimum Gasteiger partial charge on any atom is -0.349 e. The molecule has 0 aromatic carbocycles. The highest BCUT2D eigenvalue weighted by Crippen LogP contribution is 2.86. The van der Waals surface area contributed by atoms with Crippen LogP contribution in [0.25, 0.3) is 0 Å². The van der Waals surface area contributed by atoms with Gasteiger partial charge in [-0.05, 0) is 0 Å². The minimum absolute atomic E-state index is 0.142. The Bertz CT molecular complexity index is 747. The normalized spacial score (nSPS) is 45.7. The highest BCUT2D eigenvalue weighted by atomic mass is 35.5. The fourth-order valence-electron chi connectivity index (χ4n) is 4.45. The molecular formula is C14H12Cl8O4. The molecule has 4 nitrogen and oxygen atoms in total. The first-order valence-corrected chi connectivity index (χ1v) is 9.99. The summed E-state index contributed by atoms with van der Waals surface area (Å²) in [5.41, 5.74) is 0. The van der Waals surface area contributed by atoms with Crippen LogP contribution in [-0.2, 0) is 18.9 Å². The van der Waals surface area contributed by atoms with E-state index >= 15 is 0 Å². The van der Waals surface area contributed by atoms with Crippen molar-refractivity contribution in [1.82, 2.24) is 0 Å². The van der Waals surface area contributed by atoms with E-state index in [-0.39, 0.29) is 20.1 Å². The number of alkyl halides is 4. The highest BCUT2D eigenvalue weighted by molar-refractivity contribution is 6.63. The largest absolute Gasteiger partial charge is 0.349 e. The van der Waals surface area contributed by atoms with Crippen LogP contribution in [0.4, 0.5) is 0 Å². The molecule has 0 amide bonds. The van der Waals surface area contributed by atoms with Gasteiger partial charge in [0, 0.05) is 28.4 Å². The lowest BCUT2D eigenvalue weighted by Gasteiger charge is -2.51. The maximum atomic E-state index is 7.11. The molecular weight excluding hydrogens is 516 g/mol. The Kier molecular flexibility index (Phi) is 5.23. The van der Waals surface area contributed by atoms with E-state index in [0.29, 0.717) is 0 Å². The van der Waals surface area contributed by atoms with E-state index < -0.39 is 31.1 Å². The van der Waals surface area contributed by atoms with E-state index in [9.17, 15) is 0 Å². The number of fused-ring (bicyclic) bond motifs is 5. The van der Waals surface area contributed by atoms with Gasteiger partial charge in [-0.3, -0.25) is 0 Å². The summed E-state index contributed by atoms with van der Waals surface area (Å²) in [4.78, 5) is -7.98. The van der Waals surface area contributed by atoms with Crippen molar-refractivity contribution in [3.8, 4) is 0 Å². The van der Waals surface area contributed by atoms with Crippen LogP contribution in [0.1, 0.15) is 0 Å². The molecule has 0 heterocycles. The summed E-state index contributed by atoms with van der Waals surface area (Å²) in [6.45, 7) is 0. The minimum atomic E-state index is -2.03. The van der Waals surface area contributed by atoms with Gasteiger partial charge in [0.05, 0.1) is 20.1 Å². The molecule has 0 saturated heterocycles. The SMILES string of the molecule is COC1(OC)C(Cl)=C(Cl)[C@]2(Cl)[C@@]1(Cl)[C@]1(Cl)C(Cl)=C(Cl)[C@@]2(Cl)C1(OC)OC. The summed E-state index contributed by atoms with van der Waals surface area (Å²) in [6, 6.07) is 0. The van der Waals surface area contributed by atoms with Gasteiger partial charge in [0.15, 0.2) is 14.6 Å². The van der Waals surface area contributed by atoms with Gasteiger partial charge in [0.25, 0.3) is 0 Å². The molecule has 0 aliphatic heterocycles. The van der Waals surface area contributed by atoms with Gasteiger partial charge in [-0.2, -0.15) is 0 Å². The average Bonchev–Trinajstić information content (AvgIpc) is 2.92. The van der Waals surface area contributed by atoms with Crippen molar-refractivity contribution in [3.63, 3.8) is 0 Å². The Morgan fingerprint density at radius 1 is 0.538 bits per heavy atom. The first-order valence-electron chi connectivity index (χ1n) is 6.96. The topological polar surface area (TPSA) is 36.9 Å². The van der Waals surface area contributed by atoms with Crippen LogP contribution in [-0.4, -0.2) is 59.5 Å². The fraction of sp³-hybridized carbons (Fsp3) is 0.714. The van der Waals surface area contributed by atoms with Gasteiger partial charge in [0.1, 0.15) is 4.87 Å². The molecule has 3 aliphatic rings. The Morgan fingerprint density at radius 3 is 1.31 bits per heavy atom. The second-order valence-electron chi connectivity index (χ2n) is 5.94. The number of hydrogen-bond donors (Lipinski definition) is 0. The van der Waals surface area contributed by atoms with E-state index in [1.165, 1.54) is 28.4 Å². The summed E-state index contributed by atoms with van der Waals surface area (Å²) in [7, 11) is 5.16. The van der Waals surface area contributed by atoms with Crippen LogP contribution in [0.3, 0.4) is 0 Å². The van der Waals surface area contributed by atoms with Crippen molar-refractivity contribution >= 4 is 92.8 Å². The quantitative estimate of drug-likeness (QED) is 0.368. The van der Waals surface area contributed by atoms with Gasteiger partial charge in [-0.15, -0.1) is 46.4 Å². The zero-order chi connectivity index (χ0) is 20.1. The van der Waals surface area contributed by atoms with Crippen molar-refractivity contribution in [3.05, 3.63) is 20.1 Å². The molecule has 0 N–H and O–H groups in total. The van der Waals surface area contributed by atoms with Crippen LogP contribution < -0.4 is 0 Å². The number of allylic oxidation sites excluding steroid dienone is 1. The molecule has 1 saturated carbocycles. The standard InChI is InChI=1S/C14H12Cl8O4/c1-23-12(24-2)8(18)7(17)9(19)10(20)5(15)6(16)11(21,13(9,12)22)14(10,25-3)26-4/h1-4H3/t9-,10+,11-,13-/m1/s1. The second-order valence-corrected chi connectivity index (χ2v) is 9.72. The predicted octanol–water partition coefficient (Wildman–Crippen LogP) is 5.29. The number of methoxy groups -OCH3 is 4. The lowest BCUT2D eigenvalue weighted by atomic mass is 9.79. The molecule has 0 radical (unpaired) electrons. The molecule has 4 atom stereocenters. The van der Waals surface area contributed by atoms with Crippen LogP contribution in [0, 0.1) is 0 Å². The molecule has 148 valence electrons. The third kappa shape index (κ3) is 1.57. The summed E-state index contributed by atoms with van der Waals surface area (Å²) in [5, 5.41) is -0.629. The Balaban J connectivity index is 2.59. The van der Waals surface area contributed by atoms with Crippen LogP contribution in [0.15, 0.2) is 20.1 Å². The van der Waals surface area contributed by atoms with Crippen molar-refractivity contribution in [2.24, 2.45) is 0 Å². The van der Waals surface area contributed by atoms with Crippen LogP contribution in [0.5, 0.6) is 0 Å². The first kappa shape index (κ1) is 22.3. The second kappa shape index (κ2) is 6.09. The van der Waals surface area contributed by atoms with Gasteiger partial charge in [-0.25, -0.2) is 0 Å². The molecule has 3 aliphatic carbocycles. The number of rotatable bonds is 4. The monoisotopic (exact) mass is 524 g/mol. The smallest absolute Gasteiger partial charge is 0.230 e. The third-order valence-electron chi connectivity index (χ3n) is 5.52.